The van der Waals surface area contributed by atoms with Gasteiger partial charge in [-0.05, 0) is 29.5 Å². The number of hydrogen-bond donors (Lipinski definition) is 5. The van der Waals surface area contributed by atoms with E-state index in [1.165, 1.54) is 0 Å². The van der Waals surface area contributed by atoms with E-state index in [1.54, 1.807) is 6.07 Å². The molecule has 0 fully saturated rings. The summed E-state index contributed by atoms with van der Waals surface area (Å²) in [5.41, 5.74) is 2.13. The summed E-state index contributed by atoms with van der Waals surface area (Å²) in [7, 11) is -5.22. The van der Waals surface area contributed by atoms with Crippen LogP contribution < -0.4 is 0 Å². The first-order valence-electron chi connectivity index (χ1n) is 5.38. The fourth-order valence-electron chi connectivity index (χ4n) is 1.34. The highest BCUT2D eigenvalue weighted by Crippen LogP contribution is 2.41. The Labute approximate surface area is 115 Å². The molecular weight excluding hydrogens is 290 g/mol. The minimum Gasteiger partial charge on any atom is -0.508 e. The molecule has 1 aromatic carbocycles. The summed E-state index contributed by atoms with van der Waals surface area (Å²) in [5.74, 6) is 0.405. The molecule has 0 saturated carbocycles. The van der Waals surface area contributed by atoms with E-state index in [2.05, 4.69) is 25.1 Å². The standard InChI is InChI=1S/C11H16O.H4O5P2/c1-8-5-6-9(10(12)7-8)11(2,3)4;1-6(2)5-7(3)4/h5-7,12H,1-4H3;1-4H. The molecule has 0 saturated heterocycles. The smallest absolute Gasteiger partial charge is 0.334 e. The predicted molar refractivity (Wildman–Crippen MR) is 75.3 cm³/mol. The van der Waals surface area contributed by atoms with E-state index in [0.29, 0.717) is 5.75 Å². The van der Waals surface area contributed by atoms with Crippen LogP contribution in [0, 0.1) is 6.92 Å². The number of rotatable bonds is 2. The van der Waals surface area contributed by atoms with Gasteiger partial charge >= 0.3 is 17.2 Å². The molecule has 19 heavy (non-hydrogen) atoms. The van der Waals surface area contributed by atoms with E-state index in [1.807, 2.05) is 19.1 Å². The van der Waals surface area contributed by atoms with Crippen molar-refractivity contribution in [2.24, 2.45) is 0 Å². The molecule has 0 aliphatic heterocycles. The van der Waals surface area contributed by atoms with Gasteiger partial charge in [-0.1, -0.05) is 32.9 Å². The zero-order valence-electron chi connectivity index (χ0n) is 11.3. The molecule has 0 aliphatic carbocycles. The molecule has 0 aliphatic rings. The molecule has 0 heterocycles. The van der Waals surface area contributed by atoms with Crippen LogP contribution in [0.4, 0.5) is 0 Å². The van der Waals surface area contributed by atoms with E-state index >= 15 is 0 Å². The molecule has 1 rings (SSSR count). The van der Waals surface area contributed by atoms with Gasteiger partial charge in [-0.15, -0.1) is 0 Å². The van der Waals surface area contributed by atoms with Gasteiger partial charge in [0.2, 0.25) is 0 Å². The van der Waals surface area contributed by atoms with Crippen molar-refractivity contribution >= 4 is 17.2 Å². The minimum absolute atomic E-state index is 0.0256. The highest BCUT2D eigenvalue weighted by atomic mass is 31.2. The van der Waals surface area contributed by atoms with Crippen molar-refractivity contribution in [2.45, 2.75) is 33.1 Å². The maximum atomic E-state index is 9.63. The number of hydrogen-bond acceptors (Lipinski definition) is 6. The average Bonchev–Trinajstić information content (AvgIpc) is 2.13. The van der Waals surface area contributed by atoms with Crippen LogP contribution >= 0.6 is 17.2 Å². The van der Waals surface area contributed by atoms with Crippen molar-refractivity contribution in [3.63, 3.8) is 0 Å². The van der Waals surface area contributed by atoms with Gasteiger partial charge in [-0.2, -0.15) is 0 Å². The largest absolute Gasteiger partial charge is 0.508 e. The predicted octanol–water partition coefficient (Wildman–Crippen LogP) is 2.42. The van der Waals surface area contributed by atoms with Crippen LogP contribution in [0.3, 0.4) is 0 Å². The number of aryl methyl sites for hydroxylation is 1. The van der Waals surface area contributed by atoms with E-state index < -0.39 is 17.2 Å². The number of phenols is 1. The fourth-order valence-corrected chi connectivity index (χ4v) is 1.86. The first-order valence-corrected chi connectivity index (χ1v) is 7.71. The van der Waals surface area contributed by atoms with Crippen LogP contribution in [-0.4, -0.2) is 24.7 Å². The number of benzene rings is 1. The molecule has 0 atom stereocenters. The average molecular weight is 310 g/mol. The van der Waals surface area contributed by atoms with Gasteiger partial charge in [0.05, 0.1) is 0 Å². The van der Waals surface area contributed by atoms with Crippen molar-refractivity contribution < 1.29 is 29.0 Å². The summed E-state index contributed by atoms with van der Waals surface area (Å²) < 4.78 is 3.60. The molecule has 0 aromatic heterocycles. The van der Waals surface area contributed by atoms with Crippen molar-refractivity contribution in [1.82, 2.24) is 0 Å². The molecule has 0 bridgehead atoms. The van der Waals surface area contributed by atoms with Crippen molar-refractivity contribution in [3.05, 3.63) is 29.3 Å². The Bertz CT molecular complexity index is 383. The lowest BCUT2D eigenvalue weighted by atomic mass is 9.86. The summed E-state index contributed by atoms with van der Waals surface area (Å²) in [6.07, 6.45) is 0. The second kappa shape index (κ2) is 8.08. The van der Waals surface area contributed by atoms with Crippen molar-refractivity contribution in [3.8, 4) is 5.75 Å². The third kappa shape index (κ3) is 8.45. The Kier molecular flexibility index (Phi) is 7.94. The van der Waals surface area contributed by atoms with E-state index in [0.717, 1.165) is 11.1 Å². The van der Waals surface area contributed by atoms with Gasteiger partial charge < -0.3 is 24.7 Å². The lowest BCUT2D eigenvalue weighted by molar-refractivity contribution is 0.324. The van der Waals surface area contributed by atoms with E-state index in [9.17, 15) is 5.11 Å². The zero-order chi connectivity index (χ0) is 15.2. The van der Waals surface area contributed by atoms with Crippen LogP contribution in [-0.2, 0) is 9.73 Å². The van der Waals surface area contributed by atoms with Crippen LogP contribution in [0.25, 0.3) is 0 Å². The number of phenolic OH excluding ortho intramolecular Hbond substituents is 1. The molecule has 8 heteroatoms. The fraction of sp³-hybridized carbons (Fsp3) is 0.455. The summed E-state index contributed by atoms with van der Waals surface area (Å²) in [4.78, 5) is 31.3. The Balaban J connectivity index is 0.000000399. The lowest BCUT2D eigenvalue weighted by Gasteiger charge is -2.20. The summed E-state index contributed by atoms with van der Waals surface area (Å²) in [5, 5.41) is 9.63. The Hall–Kier alpha value is -0.320. The summed E-state index contributed by atoms with van der Waals surface area (Å²) in [6, 6.07) is 5.82. The molecule has 0 spiro atoms. The Morgan fingerprint density at radius 1 is 1.00 bits per heavy atom. The maximum absolute atomic E-state index is 9.63. The zero-order valence-corrected chi connectivity index (χ0v) is 13.1. The molecule has 0 unspecified atom stereocenters. The third-order valence-corrected chi connectivity index (χ3v) is 3.28. The van der Waals surface area contributed by atoms with Gasteiger partial charge in [-0.25, -0.2) is 4.31 Å². The quantitative estimate of drug-likeness (QED) is 0.537. The van der Waals surface area contributed by atoms with Crippen molar-refractivity contribution in [2.75, 3.05) is 0 Å². The Morgan fingerprint density at radius 3 is 1.74 bits per heavy atom. The van der Waals surface area contributed by atoms with Crippen LogP contribution in [0.2, 0.25) is 0 Å². The highest BCUT2D eigenvalue weighted by molar-refractivity contribution is 7.53. The van der Waals surface area contributed by atoms with Gasteiger partial charge in [0.15, 0.2) is 0 Å². The van der Waals surface area contributed by atoms with Gasteiger partial charge in [0.25, 0.3) is 0 Å². The molecule has 5 N–H and O–H groups in total. The molecule has 1 aromatic rings. The van der Waals surface area contributed by atoms with Gasteiger partial charge in [-0.3, -0.25) is 0 Å². The van der Waals surface area contributed by atoms with E-state index in [-0.39, 0.29) is 5.41 Å². The van der Waals surface area contributed by atoms with Crippen LogP contribution in [0.1, 0.15) is 31.9 Å². The number of aromatic hydroxyl groups is 1. The normalized spacial score (nSPS) is 11.5. The SMILES string of the molecule is Cc1ccc(C(C)(C)C)c(O)c1.OP(O)OP(O)O. The van der Waals surface area contributed by atoms with Crippen molar-refractivity contribution in [1.29, 1.82) is 0 Å². The summed E-state index contributed by atoms with van der Waals surface area (Å²) >= 11 is 0. The lowest BCUT2D eigenvalue weighted by Crippen LogP contribution is -2.11. The minimum atomic E-state index is -2.61. The maximum Gasteiger partial charge on any atom is 0.334 e. The highest BCUT2D eigenvalue weighted by Gasteiger charge is 2.17. The summed E-state index contributed by atoms with van der Waals surface area (Å²) in [6.45, 7) is 8.26. The second-order valence-electron chi connectivity index (χ2n) is 4.86. The van der Waals surface area contributed by atoms with Crippen LogP contribution in [0.5, 0.6) is 5.75 Å². The Morgan fingerprint density at radius 2 is 1.47 bits per heavy atom. The molecule has 110 valence electrons. The van der Waals surface area contributed by atoms with Gasteiger partial charge in [0, 0.05) is 0 Å². The first-order chi connectivity index (χ1) is 8.54. The van der Waals surface area contributed by atoms with Gasteiger partial charge in [0.1, 0.15) is 5.75 Å². The van der Waals surface area contributed by atoms with E-state index in [4.69, 9.17) is 19.6 Å². The van der Waals surface area contributed by atoms with Crippen LogP contribution in [0.15, 0.2) is 18.2 Å². The first kappa shape index (κ1) is 18.7. The molecule has 6 nitrogen and oxygen atoms in total. The molecular formula is C11H20O6P2. The second-order valence-corrected chi connectivity index (χ2v) is 6.52. The third-order valence-electron chi connectivity index (χ3n) is 2.11. The molecule has 0 amide bonds. The topological polar surface area (TPSA) is 110 Å². The molecule has 0 radical (unpaired) electrons. The monoisotopic (exact) mass is 310 g/mol.